The van der Waals surface area contributed by atoms with Crippen LogP contribution in [-0.2, 0) is 0 Å². The van der Waals surface area contributed by atoms with Crippen molar-refractivity contribution in [3.63, 3.8) is 0 Å². The van der Waals surface area contributed by atoms with E-state index in [0.29, 0.717) is 0 Å². The van der Waals surface area contributed by atoms with Crippen LogP contribution in [-0.4, -0.2) is 6.04 Å². The van der Waals surface area contributed by atoms with Gasteiger partial charge in [0.1, 0.15) is 0 Å². The summed E-state index contributed by atoms with van der Waals surface area (Å²) in [7, 11) is 0. The van der Waals surface area contributed by atoms with Crippen LogP contribution >= 0.6 is 11.3 Å². The summed E-state index contributed by atoms with van der Waals surface area (Å²) in [6.45, 7) is 0. The summed E-state index contributed by atoms with van der Waals surface area (Å²) in [5, 5.41) is 7.83. The Hall–Kier alpha value is -0.500. The van der Waals surface area contributed by atoms with E-state index in [4.69, 9.17) is 0 Å². The van der Waals surface area contributed by atoms with E-state index >= 15 is 0 Å². The monoisotopic (exact) mass is 167 g/mol. The van der Waals surface area contributed by atoms with E-state index in [9.17, 15) is 0 Å². The third-order valence-electron chi connectivity index (χ3n) is 2.25. The molecule has 0 spiro atoms. The molecule has 0 aliphatic heterocycles. The lowest BCUT2D eigenvalue weighted by molar-refractivity contribution is 0.756. The van der Waals surface area contributed by atoms with Gasteiger partial charge in [0.25, 0.3) is 0 Å². The lowest BCUT2D eigenvalue weighted by atomic mass is 10.2. The summed E-state index contributed by atoms with van der Waals surface area (Å²) in [5.41, 5.74) is 1.31. The van der Waals surface area contributed by atoms with E-state index in [1.807, 2.05) is 0 Å². The number of rotatable bonds is 2. The molecule has 0 amide bonds. The van der Waals surface area contributed by atoms with Crippen LogP contribution in [0.25, 0.3) is 0 Å². The molecule has 60 valence electrons. The van der Waals surface area contributed by atoms with Crippen molar-refractivity contribution in [2.75, 3.05) is 5.32 Å². The Morgan fingerprint density at radius 1 is 1.36 bits per heavy atom. The van der Waals surface area contributed by atoms with Gasteiger partial charge < -0.3 is 5.32 Å². The molecule has 0 bridgehead atoms. The topological polar surface area (TPSA) is 12.0 Å². The van der Waals surface area contributed by atoms with E-state index in [2.05, 4.69) is 22.1 Å². The van der Waals surface area contributed by atoms with Crippen molar-refractivity contribution in [2.45, 2.75) is 31.7 Å². The van der Waals surface area contributed by atoms with Gasteiger partial charge in [-0.05, 0) is 24.3 Å². The molecule has 0 aromatic carbocycles. The second-order valence-electron chi connectivity index (χ2n) is 3.14. The van der Waals surface area contributed by atoms with Crippen molar-refractivity contribution in [1.29, 1.82) is 0 Å². The number of nitrogens with one attached hydrogen (secondary N) is 1. The van der Waals surface area contributed by atoms with Gasteiger partial charge in [0.15, 0.2) is 0 Å². The van der Waals surface area contributed by atoms with Crippen LogP contribution in [0.1, 0.15) is 25.7 Å². The first kappa shape index (κ1) is 7.17. The predicted molar refractivity (Wildman–Crippen MR) is 50.2 cm³/mol. The van der Waals surface area contributed by atoms with E-state index in [1.54, 1.807) is 11.3 Å². The second-order valence-corrected chi connectivity index (χ2v) is 3.92. The van der Waals surface area contributed by atoms with Gasteiger partial charge in [0.2, 0.25) is 0 Å². The Balaban J connectivity index is 1.90. The Morgan fingerprint density at radius 2 is 2.18 bits per heavy atom. The highest BCUT2D eigenvalue weighted by atomic mass is 32.1. The Labute approximate surface area is 71.4 Å². The summed E-state index contributed by atoms with van der Waals surface area (Å²) in [5.74, 6) is 0. The van der Waals surface area contributed by atoms with E-state index < -0.39 is 0 Å². The normalized spacial score (nSPS) is 18.9. The molecular weight excluding hydrogens is 154 g/mol. The van der Waals surface area contributed by atoms with Gasteiger partial charge in [-0.2, -0.15) is 11.3 Å². The molecule has 1 aromatic rings. The first-order valence-corrected chi connectivity index (χ1v) is 5.18. The van der Waals surface area contributed by atoms with Gasteiger partial charge in [0.05, 0.1) is 0 Å². The average molecular weight is 167 g/mol. The number of thiophene rings is 1. The van der Waals surface area contributed by atoms with Crippen molar-refractivity contribution in [3.05, 3.63) is 16.8 Å². The van der Waals surface area contributed by atoms with Crippen molar-refractivity contribution in [3.8, 4) is 0 Å². The fraction of sp³-hybridized carbons (Fsp3) is 0.556. The highest BCUT2D eigenvalue weighted by Gasteiger charge is 2.13. The Morgan fingerprint density at radius 3 is 2.82 bits per heavy atom. The summed E-state index contributed by atoms with van der Waals surface area (Å²) in [4.78, 5) is 0. The minimum absolute atomic E-state index is 0.754. The summed E-state index contributed by atoms with van der Waals surface area (Å²) in [6, 6.07) is 2.91. The molecule has 0 atom stereocenters. The highest BCUT2D eigenvalue weighted by molar-refractivity contribution is 7.08. The molecule has 0 saturated heterocycles. The van der Waals surface area contributed by atoms with Gasteiger partial charge >= 0.3 is 0 Å². The average Bonchev–Trinajstić information content (AvgIpc) is 2.60. The zero-order chi connectivity index (χ0) is 7.52. The first-order valence-electron chi connectivity index (χ1n) is 4.24. The third-order valence-corrected chi connectivity index (χ3v) is 2.93. The maximum atomic E-state index is 3.53. The fourth-order valence-electron chi connectivity index (χ4n) is 1.65. The van der Waals surface area contributed by atoms with Crippen LogP contribution < -0.4 is 5.32 Å². The fourth-order valence-corrected chi connectivity index (χ4v) is 2.25. The molecule has 1 saturated carbocycles. The molecule has 1 aliphatic rings. The number of hydrogen-bond acceptors (Lipinski definition) is 2. The SMILES string of the molecule is c1cc(NC2CCCC2)cs1. The third kappa shape index (κ3) is 1.74. The molecule has 0 unspecified atom stereocenters. The van der Waals surface area contributed by atoms with Gasteiger partial charge in [-0.1, -0.05) is 12.8 Å². The Bertz CT molecular complexity index is 199. The molecule has 2 heteroatoms. The summed E-state index contributed by atoms with van der Waals surface area (Å²) < 4.78 is 0. The van der Waals surface area contributed by atoms with Crippen LogP contribution in [0.5, 0.6) is 0 Å². The summed E-state index contributed by atoms with van der Waals surface area (Å²) >= 11 is 1.76. The van der Waals surface area contributed by atoms with Crippen molar-refractivity contribution in [1.82, 2.24) is 0 Å². The lowest BCUT2D eigenvalue weighted by Crippen LogP contribution is -2.13. The first-order chi connectivity index (χ1) is 5.45. The van der Waals surface area contributed by atoms with Crippen LogP contribution in [0.15, 0.2) is 16.8 Å². The minimum Gasteiger partial charge on any atom is -0.382 e. The lowest BCUT2D eigenvalue weighted by Gasteiger charge is -2.10. The molecule has 0 radical (unpaired) electrons. The molecule has 1 heterocycles. The molecule has 1 aromatic heterocycles. The number of anilines is 1. The van der Waals surface area contributed by atoms with Gasteiger partial charge in [0, 0.05) is 17.1 Å². The standard InChI is InChI=1S/C9H13NS/c1-2-4-8(3-1)10-9-5-6-11-7-9/h5-8,10H,1-4H2. The molecule has 1 nitrogen and oxygen atoms in total. The van der Waals surface area contributed by atoms with Gasteiger partial charge in [-0.3, -0.25) is 0 Å². The van der Waals surface area contributed by atoms with Gasteiger partial charge in [-0.15, -0.1) is 0 Å². The second kappa shape index (κ2) is 3.26. The van der Waals surface area contributed by atoms with Crippen LogP contribution in [0.4, 0.5) is 5.69 Å². The minimum atomic E-state index is 0.754. The maximum Gasteiger partial charge on any atom is 0.0450 e. The Kier molecular flexibility index (Phi) is 2.13. The quantitative estimate of drug-likeness (QED) is 0.713. The van der Waals surface area contributed by atoms with Gasteiger partial charge in [-0.25, -0.2) is 0 Å². The van der Waals surface area contributed by atoms with E-state index in [0.717, 1.165) is 6.04 Å². The van der Waals surface area contributed by atoms with Crippen LogP contribution in [0.3, 0.4) is 0 Å². The maximum absolute atomic E-state index is 3.53. The zero-order valence-electron chi connectivity index (χ0n) is 6.55. The van der Waals surface area contributed by atoms with Crippen molar-refractivity contribution in [2.24, 2.45) is 0 Å². The molecule has 11 heavy (non-hydrogen) atoms. The molecule has 1 aliphatic carbocycles. The van der Waals surface area contributed by atoms with Crippen molar-refractivity contribution >= 4 is 17.0 Å². The van der Waals surface area contributed by atoms with E-state index in [-0.39, 0.29) is 0 Å². The van der Waals surface area contributed by atoms with E-state index in [1.165, 1.54) is 31.4 Å². The number of hydrogen-bond donors (Lipinski definition) is 1. The van der Waals surface area contributed by atoms with Crippen LogP contribution in [0.2, 0.25) is 0 Å². The smallest absolute Gasteiger partial charge is 0.0450 e. The molecule has 2 rings (SSSR count). The highest BCUT2D eigenvalue weighted by Crippen LogP contribution is 2.23. The predicted octanol–water partition coefficient (Wildman–Crippen LogP) is 3.10. The molecule has 1 fully saturated rings. The van der Waals surface area contributed by atoms with Crippen molar-refractivity contribution < 1.29 is 0 Å². The summed E-state index contributed by atoms with van der Waals surface area (Å²) in [6.07, 6.45) is 5.52. The molecule has 1 N–H and O–H groups in total. The molecular formula is C9H13NS. The largest absolute Gasteiger partial charge is 0.382 e. The van der Waals surface area contributed by atoms with Crippen LogP contribution in [0, 0.1) is 0 Å². The zero-order valence-corrected chi connectivity index (χ0v) is 7.36.